The molecule has 1 heterocycles. The van der Waals surface area contributed by atoms with E-state index in [1.165, 1.54) is 7.11 Å². The van der Waals surface area contributed by atoms with Gasteiger partial charge in [-0.1, -0.05) is 23.8 Å². The number of methoxy groups -OCH3 is 2. The van der Waals surface area contributed by atoms with Crippen LogP contribution in [0.2, 0.25) is 0 Å². The molecule has 0 atom stereocenters. The molecule has 0 aliphatic heterocycles. The van der Waals surface area contributed by atoms with Crippen molar-refractivity contribution in [2.24, 2.45) is 0 Å². The number of aromatic nitrogens is 3. The largest absolute Gasteiger partial charge is 0.497 e. The van der Waals surface area contributed by atoms with Crippen molar-refractivity contribution in [3.8, 4) is 28.8 Å². The van der Waals surface area contributed by atoms with Crippen molar-refractivity contribution in [3.05, 3.63) is 83.9 Å². The van der Waals surface area contributed by atoms with E-state index in [0.717, 1.165) is 22.6 Å². The van der Waals surface area contributed by atoms with Crippen molar-refractivity contribution in [2.75, 3.05) is 19.5 Å². The van der Waals surface area contributed by atoms with E-state index >= 15 is 0 Å². The van der Waals surface area contributed by atoms with Crippen LogP contribution in [0.25, 0.3) is 17.1 Å². The average Bonchev–Trinajstić information content (AvgIpc) is 3.24. The van der Waals surface area contributed by atoms with Crippen LogP contribution in [-0.2, 0) is 0 Å². The molecule has 31 heavy (non-hydrogen) atoms. The molecule has 3 aromatic carbocycles. The summed E-state index contributed by atoms with van der Waals surface area (Å²) in [7, 11) is 3.15. The number of rotatable bonds is 6. The second kappa shape index (κ2) is 8.71. The van der Waals surface area contributed by atoms with Gasteiger partial charge in [0.15, 0.2) is 5.82 Å². The number of nitrogens with one attached hydrogen (secondary N) is 1. The minimum Gasteiger partial charge on any atom is -0.497 e. The van der Waals surface area contributed by atoms with Crippen molar-refractivity contribution in [1.29, 1.82) is 0 Å². The highest BCUT2D eigenvalue weighted by molar-refractivity contribution is 6.04. The number of hydrogen-bond acceptors (Lipinski definition) is 5. The molecule has 7 nitrogen and oxygen atoms in total. The summed E-state index contributed by atoms with van der Waals surface area (Å²) in [4.78, 5) is 17.1. The van der Waals surface area contributed by atoms with E-state index in [9.17, 15) is 4.79 Å². The molecule has 7 heteroatoms. The number of aryl methyl sites for hydroxylation is 1. The van der Waals surface area contributed by atoms with E-state index in [1.807, 2.05) is 67.6 Å². The first-order valence-electron chi connectivity index (χ1n) is 9.71. The summed E-state index contributed by atoms with van der Waals surface area (Å²) in [5.41, 5.74) is 3.94. The van der Waals surface area contributed by atoms with Crippen LogP contribution in [0, 0.1) is 6.92 Å². The van der Waals surface area contributed by atoms with Gasteiger partial charge in [-0.05, 0) is 61.5 Å². The van der Waals surface area contributed by atoms with Gasteiger partial charge in [-0.15, -0.1) is 5.10 Å². The van der Waals surface area contributed by atoms with Gasteiger partial charge < -0.3 is 14.8 Å². The van der Waals surface area contributed by atoms with Gasteiger partial charge in [0.25, 0.3) is 5.91 Å². The van der Waals surface area contributed by atoms with Crippen LogP contribution in [0.15, 0.2) is 72.8 Å². The number of anilines is 1. The monoisotopic (exact) mass is 414 g/mol. The average molecular weight is 414 g/mol. The zero-order chi connectivity index (χ0) is 21.8. The van der Waals surface area contributed by atoms with Gasteiger partial charge in [0.05, 0.1) is 19.9 Å². The number of nitrogens with zero attached hydrogens (tertiary/aromatic N) is 3. The van der Waals surface area contributed by atoms with Crippen molar-refractivity contribution in [3.63, 3.8) is 0 Å². The quantitative estimate of drug-likeness (QED) is 0.502. The van der Waals surface area contributed by atoms with Crippen molar-refractivity contribution < 1.29 is 14.3 Å². The van der Waals surface area contributed by atoms with E-state index < -0.39 is 0 Å². The summed E-state index contributed by atoms with van der Waals surface area (Å²) >= 11 is 0. The molecular formula is C24H22N4O3. The maximum absolute atomic E-state index is 12.6. The Morgan fingerprint density at radius 2 is 1.68 bits per heavy atom. The fourth-order valence-electron chi connectivity index (χ4n) is 3.11. The van der Waals surface area contributed by atoms with Crippen LogP contribution in [0.3, 0.4) is 0 Å². The van der Waals surface area contributed by atoms with Gasteiger partial charge in [-0.3, -0.25) is 4.79 Å². The highest BCUT2D eigenvalue weighted by atomic mass is 16.5. The molecule has 0 aliphatic rings. The highest BCUT2D eigenvalue weighted by Gasteiger charge is 2.15. The normalized spacial score (nSPS) is 10.5. The molecule has 1 amide bonds. The molecule has 0 spiro atoms. The first kappa shape index (κ1) is 20.2. The summed E-state index contributed by atoms with van der Waals surface area (Å²) in [5.74, 6) is 1.19. The standard InChI is InChI=1S/C24H22N4O3/c1-16-7-9-18(10-8-16)23(29)25-19-5-4-6-20(15-19)28-22(26-24(27-28)31-3)17-11-13-21(30-2)14-12-17/h4-15H,1-3H3,(H,25,29). The molecule has 1 N–H and O–H groups in total. The first-order valence-corrected chi connectivity index (χ1v) is 9.71. The second-order valence-electron chi connectivity index (χ2n) is 6.93. The van der Waals surface area contributed by atoms with Gasteiger partial charge >= 0.3 is 6.01 Å². The molecule has 0 aliphatic carbocycles. The van der Waals surface area contributed by atoms with Crippen LogP contribution >= 0.6 is 0 Å². The maximum Gasteiger partial charge on any atom is 0.336 e. The number of benzene rings is 3. The van der Waals surface area contributed by atoms with Gasteiger partial charge in [-0.2, -0.15) is 4.98 Å². The fraction of sp³-hybridized carbons (Fsp3) is 0.125. The summed E-state index contributed by atoms with van der Waals surface area (Å²) in [6, 6.07) is 22.6. The van der Waals surface area contributed by atoms with Gasteiger partial charge in [-0.25, -0.2) is 4.68 Å². The maximum atomic E-state index is 12.6. The van der Waals surface area contributed by atoms with Crippen molar-refractivity contribution in [1.82, 2.24) is 14.8 Å². The second-order valence-corrected chi connectivity index (χ2v) is 6.93. The predicted molar refractivity (Wildman–Crippen MR) is 119 cm³/mol. The van der Waals surface area contributed by atoms with Gasteiger partial charge in [0.2, 0.25) is 0 Å². The Morgan fingerprint density at radius 1 is 0.935 bits per heavy atom. The molecule has 4 rings (SSSR count). The molecule has 0 bridgehead atoms. The lowest BCUT2D eigenvalue weighted by molar-refractivity contribution is 0.102. The topological polar surface area (TPSA) is 78.3 Å². The zero-order valence-corrected chi connectivity index (χ0v) is 17.5. The van der Waals surface area contributed by atoms with E-state index in [2.05, 4.69) is 15.4 Å². The van der Waals surface area contributed by atoms with Crippen LogP contribution in [-0.4, -0.2) is 34.9 Å². The van der Waals surface area contributed by atoms with E-state index in [4.69, 9.17) is 9.47 Å². The molecule has 156 valence electrons. The molecule has 0 saturated heterocycles. The van der Waals surface area contributed by atoms with Crippen LogP contribution in [0.5, 0.6) is 11.8 Å². The van der Waals surface area contributed by atoms with E-state index in [-0.39, 0.29) is 11.9 Å². The minimum absolute atomic E-state index is 0.177. The van der Waals surface area contributed by atoms with Crippen molar-refractivity contribution >= 4 is 11.6 Å². The first-order chi connectivity index (χ1) is 15.1. The van der Waals surface area contributed by atoms with Crippen LogP contribution in [0.1, 0.15) is 15.9 Å². The molecule has 1 aromatic heterocycles. The molecule has 4 aromatic rings. The summed E-state index contributed by atoms with van der Waals surface area (Å²) in [5, 5.41) is 7.38. The van der Waals surface area contributed by atoms with E-state index in [1.54, 1.807) is 23.9 Å². The number of amides is 1. The third kappa shape index (κ3) is 4.40. The number of carbonyl (C=O) groups is 1. The molecule has 0 unspecified atom stereocenters. The lowest BCUT2D eigenvalue weighted by Gasteiger charge is -2.10. The molecule has 0 radical (unpaired) electrons. The summed E-state index contributed by atoms with van der Waals surface area (Å²) < 4.78 is 12.2. The Morgan fingerprint density at radius 3 is 2.35 bits per heavy atom. The molecular weight excluding hydrogens is 392 g/mol. The molecule has 0 saturated carbocycles. The Bertz CT molecular complexity index is 1200. The summed E-state index contributed by atoms with van der Waals surface area (Å²) in [6.45, 7) is 1.98. The Balaban J connectivity index is 1.66. The Kier molecular flexibility index (Phi) is 5.66. The van der Waals surface area contributed by atoms with Crippen molar-refractivity contribution in [2.45, 2.75) is 6.92 Å². The fourth-order valence-corrected chi connectivity index (χ4v) is 3.11. The SMILES string of the molecule is COc1ccc(-c2nc(OC)nn2-c2cccc(NC(=O)c3ccc(C)cc3)c2)cc1. The lowest BCUT2D eigenvalue weighted by atomic mass is 10.1. The van der Waals surface area contributed by atoms with Gasteiger partial charge in [0, 0.05) is 16.8 Å². The number of ether oxygens (including phenoxy) is 2. The number of carbonyl (C=O) groups excluding carboxylic acids is 1. The van der Waals surface area contributed by atoms with Gasteiger partial charge in [0.1, 0.15) is 5.75 Å². The number of hydrogen-bond donors (Lipinski definition) is 1. The molecule has 0 fully saturated rings. The van der Waals surface area contributed by atoms with Crippen LogP contribution < -0.4 is 14.8 Å². The third-order valence-electron chi connectivity index (χ3n) is 4.78. The minimum atomic E-state index is -0.177. The smallest absolute Gasteiger partial charge is 0.336 e. The predicted octanol–water partition coefficient (Wildman–Crippen LogP) is 4.51. The Labute approximate surface area is 180 Å². The highest BCUT2D eigenvalue weighted by Crippen LogP contribution is 2.26. The zero-order valence-electron chi connectivity index (χ0n) is 17.5. The Hall–Kier alpha value is -4.13. The van der Waals surface area contributed by atoms with E-state index in [0.29, 0.717) is 17.1 Å². The lowest BCUT2D eigenvalue weighted by Crippen LogP contribution is -2.12. The third-order valence-corrected chi connectivity index (χ3v) is 4.78. The van der Waals surface area contributed by atoms with Crippen LogP contribution in [0.4, 0.5) is 5.69 Å². The summed E-state index contributed by atoms with van der Waals surface area (Å²) in [6.07, 6.45) is 0.